The summed E-state index contributed by atoms with van der Waals surface area (Å²) in [6, 6.07) is 6.53. The van der Waals surface area contributed by atoms with E-state index in [1.807, 2.05) is 22.9 Å². The molecule has 0 saturated carbocycles. The fourth-order valence-corrected chi connectivity index (χ4v) is 3.91. The van der Waals surface area contributed by atoms with Crippen LogP contribution in [0.25, 0.3) is 10.4 Å². The van der Waals surface area contributed by atoms with E-state index in [1.165, 1.54) is 15.3 Å². The summed E-state index contributed by atoms with van der Waals surface area (Å²) in [4.78, 5) is 6.97. The third-order valence-electron chi connectivity index (χ3n) is 2.52. The van der Waals surface area contributed by atoms with Crippen LogP contribution in [0.15, 0.2) is 40.5 Å². The van der Waals surface area contributed by atoms with Crippen LogP contribution >= 0.6 is 34.0 Å². The molecule has 3 heterocycles. The van der Waals surface area contributed by atoms with Gasteiger partial charge in [-0.15, -0.1) is 34.0 Å². The third kappa shape index (κ3) is 2.87. The van der Waals surface area contributed by atoms with Gasteiger partial charge in [0.15, 0.2) is 0 Å². The first-order chi connectivity index (χ1) is 8.92. The molecule has 0 unspecified atom stereocenters. The second kappa shape index (κ2) is 5.75. The fourth-order valence-electron chi connectivity index (χ4n) is 1.68. The average molecular weight is 292 g/mol. The van der Waals surface area contributed by atoms with Crippen LogP contribution in [0.5, 0.6) is 0 Å². The molecule has 2 nitrogen and oxygen atoms in total. The maximum absolute atomic E-state index is 4.25. The van der Waals surface area contributed by atoms with Gasteiger partial charge in [-0.3, -0.25) is 0 Å². The van der Waals surface area contributed by atoms with Crippen molar-refractivity contribution in [1.29, 1.82) is 0 Å². The van der Waals surface area contributed by atoms with Crippen LogP contribution in [0, 0.1) is 0 Å². The van der Waals surface area contributed by atoms with Crippen LogP contribution in [-0.4, -0.2) is 4.98 Å². The summed E-state index contributed by atoms with van der Waals surface area (Å²) >= 11 is 5.29. The first-order valence-corrected chi connectivity index (χ1v) is 8.26. The van der Waals surface area contributed by atoms with Crippen molar-refractivity contribution in [2.45, 2.75) is 13.1 Å². The van der Waals surface area contributed by atoms with Gasteiger partial charge in [-0.2, -0.15) is 0 Å². The molecule has 1 N–H and O–H groups in total. The van der Waals surface area contributed by atoms with Gasteiger partial charge in [0.05, 0.1) is 0 Å². The van der Waals surface area contributed by atoms with Gasteiger partial charge in [-0.1, -0.05) is 6.07 Å². The zero-order valence-electron chi connectivity index (χ0n) is 9.63. The van der Waals surface area contributed by atoms with Crippen LogP contribution < -0.4 is 5.32 Å². The van der Waals surface area contributed by atoms with Gasteiger partial charge < -0.3 is 5.32 Å². The van der Waals surface area contributed by atoms with E-state index in [1.54, 1.807) is 22.7 Å². The maximum atomic E-state index is 4.25. The number of thiophene rings is 2. The zero-order valence-corrected chi connectivity index (χ0v) is 12.1. The van der Waals surface area contributed by atoms with Crippen molar-refractivity contribution in [3.8, 4) is 10.4 Å². The topological polar surface area (TPSA) is 24.9 Å². The Labute approximate surface area is 118 Å². The van der Waals surface area contributed by atoms with Crippen molar-refractivity contribution in [3.63, 3.8) is 0 Å². The fraction of sp³-hybridized carbons (Fsp3) is 0.154. The summed E-state index contributed by atoms with van der Waals surface area (Å²) in [5, 5.41) is 10.9. The summed E-state index contributed by atoms with van der Waals surface area (Å²) < 4.78 is 0. The number of hydrogen-bond donors (Lipinski definition) is 1. The van der Waals surface area contributed by atoms with Crippen molar-refractivity contribution >= 4 is 34.0 Å². The van der Waals surface area contributed by atoms with E-state index in [9.17, 15) is 0 Å². The Morgan fingerprint density at radius 2 is 2.11 bits per heavy atom. The Balaban J connectivity index is 1.57. The lowest BCUT2D eigenvalue weighted by molar-refractivity contribution is 0.697. The quantitative estimate of drug-likeness (QED) is 0.761. The molecule has 0 spiro atoms. The van der Waals surface area contributed by atoms with E-state index in [-0.39, 0.29) is 0 Å². The minimum absolute atomic E-state index is 0.851. The number of rotatable bonds is 5. The molecule has 0 bridgehead atoms. The molecule has 0 fully saturated rings. The van der Waals surface area contributed by atoms with Gasteiger partial charge in [-0.25, -0.2) is 4.98 Å². The van der Waals surface area contributed by atoms with Crippen molar-refractivity contribution in [2.24, 2.45) is 0 Å². The molecule has 18 heavy (non-hydrogen) atoms. The number of hydrogen-bond acceptors (Lipinski definition) is 5. The highest BCUT2D eigenvalue weighted by Gasteiger charge is 2.03. The molecule has 0 aliphatic rings. The maximum Gasteiger partial charge on any atom is 0.106 e. The average Bonchev–Trinajstić information content (AvgIpc) is 3.12. The van der Waals surface area contributed by atoms with Crippen LogP contribution in [0.4, 0.5) is 0 Å². The molecular weight excluding hydrogens is 280 g/mol. The molecule has 0 radical (unpaired) electrons. The number of thiazole rings is 1. The van der Waals surface area contributed by atoms with E-state index in [0.29, 0.717) is 0 Å². The summed E-state index contributed by atoms with van der Waals surface area (Å²) in [7, 11) is 0. The van der Waals surface area contributed by atoms with E-state index in [0.717, 1.165) is 18.1 Å². The third-order valence-corrected chi connectivity index (χ3v) is 5.15. The van der Waals surface area contributed by atoms with Crippen molar-refractivity contribution in [1.82, 2.24) is 10.3 Å². The van der Waals surface area contributed by atoms with Gasteiger partial charge in [0.25, 0.3) is 0 Å². The molecule has 0 atom stereocenters. The first-order valence-electron chi connectivity index (χ1n) is 5.62. The Kier molecular flexibility index (Phi) is 3.85. The highest BCUT2D eigenvalue weighted by atomic mass is 32.1. The lowest BCUT2D eigenvalue weighted by Crippen LogP contribution is -2.11. The Hall–Kier alpha value is -1.01. The Morgan fingerprint density at radius 3 is 2.89 bits per heavy atom. The molecule has 0 aliphatic carbocycles. The minimum Gasteiger partial charge on any atom is -0.306 e. The summed E-state index contributed by atoms with van der Waals surface area (Å²) in [5.41, 5.74) is 1.33. The van der Waals surface area contributed by atoms with Gasteiger partial charge >= 0.3 is 0 Å². The lowest BCUT2D eigenvalue weighted by atomic mass is 10.2. The molecular formula is C13H12N2S3. The van der Waals surface area contributed by atoms with Crippen LogP contribution in [-0.2, 0) is 13.1 Å². The molecule has 0 amide bonds. The van der Waals surface area contributed by atoms with E-state index in [4.69, 9.17) is 0 Å². The second-order valence-corrected chi connectivity index (χ2v) is 6.73. The molecule has 5 heteroatoms. The van der Waals surface area contributed by atoms with Crippen LogP contribution in [0.3, 0.4) is 0 Å². The predicted molar refractivity (Wildman–Crippen MR) is 80.3 cm³/mol. The van der Waals surface area contributed by atoms with Gasteiger partial charge in [0, 0.05) is 40.0 Å². The molecule has 3 aromatic rings. The van der Waals surface area contributed by atoms with Gasteiger partial charge in [0.1, 0.15) is 5.01 Å². The number of aromatic nitrogens is 1. The minimum atomic E-state index is 0.851. The highest BCUT2D eigenvalue weighted by molar-refractivity contribution is 7.14. The number of nitrogens with zero attached hydrogens (tertiary/aromatic N) is 1. The normalized spacial score (nSPS) is 10.9. The second-order valence-electron chi connectivity index (χ2n) is 3.81. The van der Waals surface area contributed by atoms with E-state index in [2.05, 4.69) is 39.3 Å². The smallest absolute Gasteiger partial charge is 0.106 e. The SMILES string of the molecule is c1csc(-c2csc(CNCc3nccs3)c2)c1. The van der Waals surface area contributed by atoms with Crippen molar-refractivity contribution < 1.29 is 0 Å². The van der Waals surface area contributed by atoms with Crippen LogP contribution in [0.2, 0.25) is 0 Å². The Morgan fingerprint density at radius 1 is 1.11 bits per heavy atom. The van der Waals surface area contributed by atoms with Crippen LogP contribution in [0.1, 0.15) is 9.88 Å². The molecule has 0 saturated heterocycles. The van der Waals surface area contributed by atoms with Crippen molar-refractivity contribution in [2.75, 3.05) is 0 Å². The zero-order chi connectivity index (χ0) is 12.2. The van der Waals surface area contributed by atoms with Crippen molar-refractivity contribution in [3.05, 3.63) is 50.4 Å². The summed E-state index contributed by atoms with van der Waals surface area (Å²) in [6.45, 7) is 1.76. The summed E-state index contributed by atoms with van der Waals surface area (Å²) in [5.74, 6) is 0. The molecule has 92 valence electrons. The summed E-state index contributed by atoms with van der Waals surface area (Å²) in [6.07, 6.45) is 1.85. The lowest BCUT2D eigenvalue weighted by Gasteiger charge is -1.99. The standard InChI is InChI=1S/C13H12N2S3/c1-2-12(16-4-1)10-6-11(18-9-10)7-14-8-13-15-3-5-17-13/h1-6,9,14H,7-8H2. The molecule has 3 rings (SSSR count). The molecule has 3 aromatic heterocycles. The monoisotopic (exact) mass is 292 g/mol. The number of nitrogens with one attached hydrogen (secondary N) is 1. The van der Waals surface area contributed by atoms with E-state index < -0.39 is 0 Å². The van der Waals surface area contributed by atoms with Gasteiger partial charge in [-0.05, 0) is 22.9 Å². The molecule has 0 aliphatic heterocycles. The van der Waals surface area contributed by atoms with E-state index >= 15 is 0 Å². The van der Waals surface area contributed by atoms with Gasteiger partial charge in [0.2, 0.25) is 0 Å². The predicted octanol–water partition coefficient (Wildman–Crippen LogP) is 4.22. The first kappa shape index (κ1) is 12.0. The highest BCUT2D eigenvalue weighted by Crippen LogP contribution is 2.29. The Bertz CT molecular complexity index is 582. The molecule has 0 aromatic carbocycles. The largest absolute Gasteiger partial charge is 0.306 e.